The van der Waals surface area contributed by atoms with Crippen molar-refractivity contribution in [3.8, 4) is 5.75 Å². The van der Waals surface area contributed by atoms with E-state index in [-0.39, 0.29) is 11.8 Å². The fourth-order valence-electron chi connectivity index (χ4n) is 1.75. The highest BCUT2D eigenvalue weighted by atomic mass is 35.5. The monoisotopic (exact) mass is 271 g/mol. The highest BCUT2D eigenvalue weighted by Gasteiger charge is 2.22. The normalized spacial score (nSPS) is 20.0. The van der Waals surface area contributed by atoms with E-state index in [4.69, 9.17) is 16.3 Å². The van der Waals surface area contributed by atoms with Crippen LogP contribution in [0.5, 0.6) is 5.75 Å². The fraction of sp³-hybridized carbons (Fsp3) is 0.417. The Bertz CT molecular complexity index is 419. The number of carbonyl (C=O) groups is 1. The summed E-state index contributed by atoms with van der Waals surface area (Å²) < 4.78 is 5.11. The molecule has 0 aromatic heterocycles. The van der Waals surface area contributed by atoms with Crippen LogP contribution in [0.15, 0.2) is 18.2 Å². The van der Waals surface area contributed by atoms with E-state index in [1.165, 1.54) is 0 Å². The van der Waals surface area contributed by atoms with Gasteiger partial charge in [0.05, 0.1) is 18.2 Å². The predicted octanol–water partition coefficient (Wildman–Crippen LogP) is 2.24. The first-order valence-electron chi connectivity index (χ1n) is 5.41. The van der Waals surface area contributed by atoms with Gasteiger partial charge in [-0.25, -0.2) is 0 Å². The standard InChI is InChI=1S/C12H14ClNO2S/c1-16-11-6-8(2-3-9(11)13)12(15)10-7-17-5-4-14-10/h2-3,6,10,14H,4-5,7H2,1H3. The largest absolute Gasteiger partial charge is 0.495 e. The molecule has 0 amide bonds. The average Bonchev–Trinajstić information content (AvgIpc) is 2.39. The van der Waals surface area contributed by atoms with Crippen molar-refractivity contribution in [2.75, 3.05) is 25.2 Å². The minimum absolute atomic E-state index is 0.0976. The molecule has 2 rings (SSSR count). The van der Waals surface area contributed by atoms with Crippen LogP contribution in [0.1, 0.15) is 10.4 Å². The molecule has 1 fully saturated rings. The van der Waals surface area contributed by atoms with Crippen molar-refractivity contribution in [1.29, 1.82) is 0 Å². The smallest absolute Gasteiger partial charge is 0.180 e. The first kappa shape index (κ1) is 12.7. The van der Waals surface area contributed by atoms with E-state index in [0.717, 1.165) is 18.1 Å². The summed E-state index contributed by atoms with van der Waals surface area (Å²) >= 11 is 7.73. The molecule has 17 heavy (non-hydrogen) atoms. The molecule has 1 aliphatic heterocycles. The summed E-state index contributed by atoms with van der Waals surface area (Å²) in [5.41, 5.74) is 0.645. The lowest BCUT2D eigenvalue weighted by Crippen LogP contribution is -2.43. The number of ketones is 1. The lowest BCUT2D eigenvalue weighted by Gasteiger charge is -2.22. The molecule has 92 valence electrons. The van der Waals surface area contributed by atoms with Gasteiger partial charge in [-0.1, -0.05) is 11.6 Å². The van der Waals surface area contributed by atoms with Crippen molar-refractivity contribution < 1.29 is 9.53 Å². The molecule has 3 nitrogen and oxygen atoms in total. The maximum Gasteiger partial charge on any atom is 0.180 e. The Morgan fingerprint density at radius 1 is 1.59 bits per heavy atom. The predicted molar refractivity (Wildman–Crippen MR) is 71.5 cm³/mol. The maximum absolute atomic E-state index is 12.2. The van der Waals surface area contributed by atoms with E-state index in [0.29, 0.717) is 16.3 Å². The molecule has 1 N–H and O–H groups in total. The average molecular weight is 272 g/mol. The number of carbonyl (C=O) groups excluding carboxylic acids is 1. The van der Waals surface area contributed by atoms with Crippen LogP contribution in [0.25, 0.3) is 0 Å². The highest BCUT2D eigenvalue weighted by molar-refractivity contribution is 7.99. The van der Waals surface area contributed by atoms with Crippen LogP contribution in [-0.2, 0) is 0 Å². The van der Waals surface area contributed by atoms with Crippen molar-refractivity contribution in [2.45, 2.75) is 6.04 Å². The third kappa shape index (κ3) is 2.94. The lowest BCUT2D eigenvalue weighted by molar-refractivity contribution is 0.0952. The minimum atomic E-state index is -0.0976. The molecule has 1 aromatic rings. The van der Waals surface area contributed by atoms with Crippen LogP contribution in [0.3, 0.4) is 0 Å². The van der Waals surface area contributed by atoms with E-state index in [1.54, 1.807) is 37.1 Å². The van der Waals surface area contributed by atoms with Gasteiger partial charge < -0.3 is 10.1 Å². The molecule has 1 aromatic carbocycles. The Morgan fingerprint density at radius 3 is 3.06 bits per heavy atom. The Morgan fingerprint density at radius 2 is 2.41 bits per heavy atom. The van der Waals surface area contributed by atoms with Gasteiger partial charge in [0.25, 0.3) is 0 Å². The molecule has 1 unspecified atom stereocenters. The molecule has 1 atom stereocenters. The fourth-order valence-corrected chi connectivity index (χ4v) is 2.88. The topological polar surface area (TPSA) is 38.3 Å². The van der Waals surface area contributed by atoms with E-state index >= 15 is 0 Å². The summed E-state index contributed by atoms with van der Waals surface area (Å²) in [6.07, 6.45) is 0. The van der Waals surface area contributed by atoms with Crippen LogP contribution < -0.4 is 10.1 Å². The zero-order valence-electron chi connectivity index (χ0n) is 9.53. The maximum atomic E-state index is 12.2. The summed E-state index contributed by atoms with van der Waals surface area (Å²) in [5, 5.41) is 3.75. The van der Waals surface area contributed by atoms with Crippen LogP contribution in [0.4, 0.5) is 0 Å². The van der Waals surface area contributed by atoms with Gasteiger partial charge in [-0.15, -0.1) is 0 Å². The van der Waals surface area contributed by atoms with Crippen molar-refractivity contribution in [3.05, 3.63) is 28.8 Å². The Hall–Kier alpha value is -0.710. The summed E-state index contributed by atoms with van der Waals surface area (Å²) in [4.78, 5) is 12.2. The molecule has 0 spiro atoms. The number of hydrogen-bond acceptors (Lipinski definition) is 4. The number of thioether (sulfide) groups is 1. The third-order valence-electron chi connectivity index (χ3n) is 2.67. The van der Waals surface area contributed by atoms with Gasteiger partial charge in [0, 0.05) is 23.6 Å². The highest BCUT2D eigenvalue weighted by Crippen LogP contribution is 2.26. The number of nitrogens with one attached hydrogen (secondary N) is 1. The molecular formula is C12H14ClNO2S. The molecule has 1 saturated heterocycles. The number of ether oxygens (including phenoxy) is 1. The molecule has 0 saturated carbocycles. The lowest BCUT2D eigenvalue weighted by atomic mass is 10.0. The SMILES string of the molecule is COc1cc(C(=O)C2CSCCN2)ccc1Cl. The molecule has 0 bridgehead atoms. The molecular weight excluding hydrogens is 258 g/mol. The van der Waals surface area contributed by atoms with Gasteiger partial charge in [0.15, 0.2) is 5.78 Å². The molecule has 1 aliphatic rings. The first-order valence-corrected chi connectivity index (χ1v) is 6.94. The number of Topliss-reactive ketones (excluding diaryl/α,β-unsaturated/α-hetero) is 1. The summed E-state index contributed by atoms with van der Waals surface area (Å²) in [6.45, 7) is 0.881. The quantitative estimate of drug-likeness (QED) is 0.856. The van der Waals surface area contributed by atoms with Gasteiger partial charge in [-0.3, -0.25) is 4.79 Å². The number of rotatable bonds is 3. The van der Waals surface area contributed by atoms with Crippen LogP contribution in [0.2, 0.25) is 5.02 Å². The zero-order chi connectivity index (χ0) is 12.3. The van der Waals surface area contributed by atoms with Crippen LogP contribution in [0, 0.1) is 0 Å². The number of benzene rings is 1. The van der Waals surface area contributed by atoms with E-state index in [2.05, 4.69) is 5.32 Å². The Labute approximate surface area is 110 Å². The van der Waals surface area contributed by atoms with Crippen LogP contribution >= 0.6 is 23.4 Å². The van der Waals surface area contributed by atoms with Gasteiger partial charge in [0.1, 0.15) is 5.75 Å². The summed E-state index contributed by atoms with van der Waals surface area (Å²) in [6, 6.07) is 5.04. The summed E-state index contributed by atoms with van der Waals surface area (Å²) in [7, 11) is 1.55. The Kier molecular flexibility index (Phi) is 4.31. The van der Waals surface area contributed by atoms with E-state index in [9.17, 15) is 4.79 Å². The molecule has 1 heterocycles. The van der Waals surface area contributed by atoms with Crippen molar-refractivity contribution in [3.63, 3.8) is 0 Å². The summed E-state index contributed by atoms with van der Waals surface area (Å²) in [5.74, 6) is 2.53. The van der Waals surface area contributed by atoms with Gasteiger partial charge in [0.2, 0.25) is 0 Å². The number of methoxy groups -OCH3 is 1. The molecule has 0 aliphatic carbocycles. The second-order valence-electron chi connectivity index (χ2n) is 3.80. The second-order valence-corrected chi connectivity index (χ2v) is 5.35. The van der Waals surface area contributed by atoms with Crippen molar-refractivity contribution >= 4 is 29.1 Å². The van der Waals surface area contributed by atoms with Gasteiger partial charge >= 0.3 is 0 Å². The Balaban J connectivity index is 2.18. The number of hydrogen-bond donors (Lipinski definition) is 1. The zero-order valence-corrected chi connectivity index (χ0v) is 11.1. The van der Waals surface area contributed by atoms with Crippen LogP contribution in [-0.4, -0.2) is 37.0 Å². The third-order valence-corrected chi connectivity index (χ3v) is 4.05. The second kappa shape index (κ2) is 5.76. The molecule has 5 heteroatoms. The molecule has 0 radical (unpaired) electrons. The van der Waals surface area contributed by atoms with E-state index in [1.807, 2.05) is 0 Å². The van der Waals surface area contributed by atoms with E-state index < -0.39 is 0 Å². The van der Waals surface area contributed by atoms with Gasteiger partial charge in [-0.05, 0) is 18.2 Å². The van der Waals surface area contributed by atoms with Crippen molar-refractivity contribution in [1.82, 2.24) is 5.32 Å². The van der Waals surface area contributed by atoms with Crippen molar-refractivity contribution in [2.24, 2.45) is 0 Å². The van der Waals surface area contributed by atoms with Gasteiger partial charge in [-0.2, -0.15) is 11.8 Å². The first-order chi connectivity index (χ1) is 8.22. The number of halogens is 1. The minimum Gasteiger partial charge on any atom is -0.495 e.